The van der Waals surface area contributed by atoms with Crippen molar-refractivity contribution in [3.05, 3.63) is 47.9 Å². The molecule has 0 bridgehead atoms. The minimum absolute atomic E-state index is 0.0126. The molecular formula is C16H19NO4. The maximum absolute atomic E-state index is 12.2. The fourth-order valence-electron chi connectivity index (χ4n) is 2.02. The molecule has 0 fully saturated rings. The average Bonchev–Trinajstić information content (AvgIpc) is 2.99. The van der Waals surface area contributed by atoms with Gasteiger partial charge < -0.3 is 18.8 Å². The number of likely N-dealkylation sites (N-methyl/N-ethyl adjacent to an activating group) is 1. The normalized spacial score (nSPS) is 10.2. The summed E-state index contributed by atoms with van der Waals surface area (Å²) >= 11 is 0. The monoisotopic (exact) mass is 289 g/mol. The molecule has 0 N–H and O–H groups in total. The molecule has 0 saturated heterocycles. The van der Waals surface area contributed by atoms with Crippen molar-refractivity contribution in [3.8, 4) is 11.5 Å². The zero-order valence-corrected chi connectivity index (χ0v) is 12.5. The molecule has 112 valence electrons. The van der Waals surface area contributed by atoms with E-state index in [9.17, 15) is 4.79 Å². The number of rotatable bonds is 6. The number of methoxy groups -OCH3 is 2. The average molecular weight is 289 g/mol. The van der Waals surface area contributed by atoms with E-state index in [2.05, 4.69) is 0 Å². The van der Waals surface area contributed by atoms with Gasteiger partial charge in [-0.1, -0.05) is 6.07 Å². The summed E-state index contributed by atoms with van der Waals surface area (Å²) in [5, 5.41) is 0. The van der Waals surface area contributed by atoms with Crippen LogP contribution in [0.3, 0.4) is 0 Å². The highest BCUT2D eigenvalue weighted by Gasteiger charge is 2.13. The second-order valence-electron chi connectivity index (χ2n) is 4.70. The third-order valence-corrected chi connectivity index (χ3v) is 3.20. The van der Waals surface area contributed by atoms with E-state index in [1.54, 1.807) is 38.5 Å². The molecule has 0 atom stereocenters. The van der Waals surface area contributed by atoms with Crippen molar-refractivity contribution in [2.75, 3.05) is 21.3 Å². The molecule has 2 aromatic rings. The first-order chi connectivity index (χ1) is 10.1. The molecule has 1 aromatic carbocycles. The Morgan fingerprint density at radius 3 is 2.57 bits per heavy atom. The minimum Gasteiger partial charge on any atom is -0.493 e. The van der Waals surface area contributed by atoms with Crippen molar-refractivity contribution in [2.45, 2.75) is 13.0 Å². The largest absolute Gasteiger partial charge is 0.493 e. The predicted molar refractivity (Wildman–Crippen MR) is 78.4 cm³/mol. The van der Waals surface area contributed by atoms with Gasteiger partial charge in [0.1, 0.15) is 5.76 Å². The molecule has 0 aliphatic carbocycles. The van der Waals surface area contributed by atoms with Crippen molar-refractivity contribution < 1.29 is 18.7 Å². The molecule has 2 rings (SSSR count). The van der Waals surface area contributed by atoms with Crippen LogP contribution in [0.15, 0.2) is 41.0 Å². The van der Waals surface area contributed by atoms with Crippen molar-refractivity contribution >= 4 is 5.91 Å². The van der Waals surface area contributed by atoms with Gasteiger partial charge in [-0.05, 0) is 29.8 Å². The summed E-state index contributed by atoms with van der Waals surface area (Å²) < 4.78 is 15.7. The predicted octanol–water partition coefficient (Wildman–Crippen LogP) is 2.50. The Morgan fingerprint density at radius 2 is 1.95 bits per heavy atom. The number of hydrogen-bond donors (Lipinski definition) is 0. The van der Waals surface area contributed by atoms with Crippen LogP contribution in [-0.2, 0) is 17.8 Å². The molecular weight excluding hydrogens is 270 g/mol. The third-order valence-electron chi connectivity index (χ3n) is 3.20. The lowest BCUT2D eigenvalue weighted by Gasteiger charge is -2.16. The van der Waals surface area contributed by atoms with Crippen LogP contribution < -0.4 is 9.47 Å². The van der Waals surface area contributed by atoms with Gasteiger partial charge in [0.15, 0.2) is 11.5 Å². The molecule has 1 amide bonds. The number of carbonyl (C=O) groups excluding carboxylic acids is 1. The Morgan fingerprint density at radius 1 is 1.19 bits per heavy atom. The van der Waals surface area contributed by atoms with E-state index in [1.807, 2.05) is 24.3 Å². The highest BCUT2D eigenvalue weighted by Crippen LogP contribution is 2.27. The lowest BCUT2D eigenvalue weighted by atomic mass is 10.1. The number of carbonyl (C=O) groups is 1. The van der Waals surface area contributed by atoms with Crippen LogP contribution in [0.2, 0.25) is 0 Å². The number of hydrogen-bond acceptors (Lipinski definition) is 4. The zero-order chi connectivity index (χ0) is 15.2. The van der Waals surface area contributed by atoms with Crippen molar-refractivity contribution in [3.63, 3.8) is 0 Å². The Labute approximate surface area is 124 Å². The van der Waals surface area contributed by atoms with E-state index in [-0.39, 0.29) is 5.91 Å². The van der Waals surface area contributed by atoms with Crippen LogP contribution in [0.4, 0.5) is 0 Å². The second-order valence-corrected chi connectivity index (χ2v) is 4.70. The Bertz CT molecular complexity index is 592. The van der Waals surface area contributed by atoms with Gasteiger partial charge in [-0.25, -0.2) is 0 Å². The molecule has 5 nitrogen and oxygen atoms in total. The highest BCUT2D eigenvalue weighted by molar-refractivity contribution is 5.78. The maximum Gasteiger partial charge on any atom is 0.227 e. The number of benzene rings is 1. The van der Waals surface area contributed by atoms with Crippen LogP contribution >= 0.6 is 0 Å². The van der Waals surface area contributed by atoms with E-state index in [4.69, 9.17) is 13.9 Å². The van der Waals surface area contributed by atoms with Gasteiger partial charge in [-0.3, -0.25) is 4.79 Å². The Hall–Kier alpha value is -2.43. The van der Waals surface area contributed by atoms with Gasteiger partial charge in [0.25, 0.3) is 0 Å². The van der Waals surface area contributed by atoms with Crippen LogP contribution in [0.5, 0.6) is 11.5 Å². The Balaban J connectivity index is 2.01. The van der Waals surface area contributed by atoms with Gasteiger partial charge in [0, 0.05) is 7.05 Å². The second kappa shape index (κ2) is 6.83. The quantitative estimate of drug-likeness (QED) is 0.820. The lowest BCUT2D eigenvalue weighted by molar-refractivity contribution is -0.129. The minimum atomic E-state index is 0.0126. The summed E-state index contributed by atoms with van der Waals surface area (Å²) in [6, 6.07) is 9.13. The molecule has 21 heavy (non-hydrogen) atoms. The Kier molecular flexibility index (Phi) is 4.87. The van der Waals surface area contributed by atoms with E-state index in [0.717, 1.165) is 11.3 Å². The summed E-state index contributed by atoms with van der Waals surface area (Å²) in [4.78, 5) is 13.8. The van der Waals surface area contributed by atoms with Crippen LogP contribution in [-0.4, -0.2) is 32.1 Å². The van der Waals surface area contributed by atoms with Crippen LogP contribution in [0.25, 0.3) is 0 Å². The first-order valence-electron chi connectivity index (χ1n) is 6.61. The number of ether oxygens (including phenoxy) is 2. The van der Waals surface area contributed by atoms with Crippen LogP contribution in [0, 0.1) is 0 Å². The maximum atomic E-state index is 12.2. The standard InChI is InChI=1S/C16H19NO4/c1-17(11-13-5-4-8-21-13)16(18)10-12-6-7-14(19-2)15(9-12)20-3/h4-9H,10-11H2,1-3H3. The van der Waals surface area contributed by atoms with E-state index < -0.39 is 0 Å². The molecule has 5 heteroatoms. The number of amides is 1. The molecule has 1 heterocycles. The van der Waals surface area contributed by atoms with Gasteiger partial charge in [-0.2, -0.15) is 0 Å². The van der Waals surface area contributed by atoms with Gasteiger partial charge >= 0.3 is 0 Å². The first kappa shape index (κ1) is 15.0. The van der Waals surface area contributed by atoms with E-state index >= 15 is 0 Å². The summed E-state index contributed by atoms with van der Waals surface area (Å²) in [7, 11) is 4.91. The molecule has 0 radical (unpaired) electrons. The molecule has 0 spiro atoms. The summed E-state index contributed by atoms with van der Waals surface area (Å²) in [6.45, 7) is 0.457. The molecule has 0 aliphatic rings. The van der Waals surface area contributed by atoms with Crippen molar-refractivity contribution in [2.24, 2.45) is 0 Å². The number of nitrogens with zero attached hydrogens (tertiary/aromatic N) is 1. The number of furan rings is 1. The zero-order valence-electron chi connectivity index (χ0n) is 12.5. The molecule has 0 saturated carbocycles. The summed E-state index contributed by atoms with van der Waals surface area (Å²) in [5.41, 5.74) is 0.879. The molecule has 1 aromatic heterocycles. The smallest absolute Gasteiger partial charge is 0.227 e. The summed E-state index contributed by atoms with van der Waals surface area (Å²) in [6.07, 6.45) is 1.90. The molecule has 0 unspecified atom stereocenters. The lowest BCUT2D eigenvalue weighted by Crippen LogP contribution is -2.27. The van der Waals surface area contributed by atoms with Crippen molar-refractivity contribution in [1.29, 1.82) is 0 Å². The van der Waals surface area contributed by atoms with Gasteiger partial charge in [-0.15, -0.1) is 0 Å². The third kappa shape index (κ3) is 3.78. The van der Waals surface area contributed by atoms with E-state index in [0.29, 0.717) is 24.5 Å². The first-order valence-corrected chi connectivity index (χ1v) is 6.61. The van der Waals surface area contributed by atoms with E-state index in [1.165, 1.54) is 0 Å². The van der Waals surface area contributed by atoms with Crippen LogP contribution in [0.1, 0.15) is 11.3 Å². The van der Waals surface area contributed by atoms with Gasteiger partial charge in [0.05, 0.1) is 33.4 Å². The molecule has 0 aliphatic heterocycles. The highest BCUT2D eigenvalue weighted by atomic mass is 16.5. The SMILES string of the molecule is COc1ccc(CC(=O)N(C)Cc2ccco2)cc1OC. The summed E-state index contributed by atoms with van der Waals surface area (Å²) in [5.74, 6) is 2.05. The van der Waals surface area contributed by atoms with Gasteiger partial charge in [0.2, 0.25) is 5.91 Å². The fraction of sp³-hybridized carbons (Fsp3) is 0.312. The topological polar surface area (TPSA) is 51.9 Å². The fourth-order valence-corrected chi connectivity index (χ4v) is 2.02. The van der Waals surface area contributed by atoms with Crippen molar-refractivity contribution in [1.82, 2.24) is 4.90 Å².